The summed E-state index contributed by atoms with van der Waals surface area (Å²) >= 11 is 11.8. The van der Waals surface area contributed by atoms with E-state index in [9.17, 15) is 19.5 Å². The van der Waals surface area contributed by atoms with Gasteiger partial charge in [-0.1, -0.05) is 35.3 Å². The third-order valence-corrected chi connectivity index (χ3v) is 4.21. The Morgan fingerprint density at radius 1 is 0.960 bits per heavy atom. The summed E-state index contributed by atoms with van der Waals surface area (Å²) in [6, 6.07) is 9.26. The lowest BCUT2D eigenvalue weighted by atomic mass is 10.1. The van der Waals surface area contributed by atoms with Crippen molar-refractivity contribution in [3.63, 3.8) is 0 Å². The number of carbonyl (C=O) groups is 3. The van der Waals surface area contributed by atoms with Crippen molar-refractivity contribution < 1.29 is 19.5 Å². The van der Waals surface area contributed by atoms with Crippen molar-refractivity contribution in [3.05, 3.63) is 63.6 Å². The molecule has 8 heteroatoms. The van der Waals surface area contributed by atoms with Crippen LogP contribution in [-0.4, -0.2) is 23.0 Å². The van der Waals surface area contributed by atoms with E-state index in [1.54, 1.807) is 0 Å². The van der Waals surface area contributed by atoms with Gasteiger partial charge in [-0.05, 0) is 42.0 Å². The zero-order valence-electron chi connectivity index (χ0n) is 12.5. The minimum Gasteiger partial charge on any atom is -0.508 e. The minimum absolute atomic E-state index is 0.0502. The monoisotopic (exact) mass is 376 g/mol. The van der Waals surface area contributed by atoms with Crippen molar-refractivity contribution in [1.29, 1.82) is 0 Å². The molecule has 0 aromatic heterocycles. The van der Waals surface area contributed by atoms with Crippen molar-refractivity contribution >= 4 is 52.8 Å². The number of benzene rings is 2. The zero-order chi connectivity index (χ0) is 18.1. The third-order valence-electron chi connectivity index (χ3n) is 3.47. The smallest absolute Gasteiger partial charge is 0.335 e. The molecular formula is C17H10Cl2N2O4. The van der Waals surface area contributed by atoms with E-state index in [-0.39, 0.29) is 27.1 Å². The first-order valence-corrected chi connectivity index (χ1v) is 7.78. The van der Waals surface area contributed by atoms with E-state index in [0.29, 0.717) is 5.56 Å². The summed E-state index contributed by atoms with van der Waals surface area (Å²) in [6.45, 7) is 0. The van der Waals surface area contributed by atoms with Crippen LogP contribution in [-0.2, 0) is 9.59 Å². The lowest BCUT2D eigenvalue weighted by Crippen LogP contribution is -2.54. The van der Waals surface area contributed by atoms with Gasteiger partial charge in [0.2, 0.25) is 0 Å². The van der Waals surface area contributed by atoms with Crippen molar-refractivity contribution in [3.8, 4) is 5.75 Å². The van der Waals surface area contributed by atoms with Crippen LogP contribution in [0.2, 0.25) is 10.0 Å². The minimum atomic E-state index is -0.878. The van der Waals surface area contributed by atoms with Crippen LogP contribution in [0.15, 0.2) is 48.0 Å². The van der Waals surface area contributed by atoms with Gasteiger partial charge in [0.1, 0.15) is 11.3 Å². The molecule has 1 aliphatic rings. The van der Waals surface area contributed by atoms with Crippen LogP contribution in [0, 0.1) is 0 Å². The molecule has 6 nitrogen and oxygen atoms in total. The first kappa shape index (κ1) is 17.0. The predicted molar refractivity (Wildman–Crippen MR) is 93.6 cm³/mol. The van der Waals surface area contributed by atoms with Crippen LogP contribution < -0.4 is 10.2 Å². The molecule has 1 saturated heterocycles. The standard InChI is InChI=1S/C17H10Cl2N2O4/c18-13-6-3-10(8-14(13)19)21-16(24)12(15(23)20-17(21)25)7-9-1-4-11(22)5-2-9/h1-8,22H,(H,20,23,25)/b12-7+. The number of nitrogens with zero attached hydrogens (tertiary/aromatic N) is 1. The summed E-state index contributed by atoms with van der Waals surface area (Å²) in [5.74, 6) is -1.55. The van der Waals surface area contributed by atoms with Crippen LogP contribution in [0.5, 0.6) is 5.75 Å². The van der Waals surface area contributed by atoms with Gasteiger partial charge < -0.3 is 5.11 Å². The van der Waals surface area contributed by atoms with Crippen LogP contribution >= 0.6 is 23.2 Å². The molecule has 2 aromatic carbocycles. The van der Waals surface area contributed by atoms with Crippen LogP contribution in [0.3, 0.4) is 0 Å². The van der Waals surface area contributed by atoms with E-state index in [1.165, 1.54) is 48.5 Å². The number of hydrogen-bond donors (Lipinski definition) is 2. The van der Waals surface area contributed by atoms with Gasteiger partial charge in [-0.15, -0.1) is 0 Å². The molecule has 4 amide bonds. The number of barbiturate groups is 1. The highest BCUT2D eigenvalue weighted by molar-refractivity contribution is 6.43. The Bertz CT molecular complexity index is 923. The molecule has 0 radical (unpaired) electrons. The summed E-state index contributed by atoms with van der Waals surface area (Å²) in [5, 5.41) is 11.8. The first-order chi connectivity index (χ1) is 11.9. The zero-order valence-corrected chi connectivity index (χ0v) is 14.0. The number of rotatable bonds is 2. The third kappa shape index (κ3) is 3.35. The Labute approximate surface area is 152 Å². The topological polar surface area (TPSA) is 86.7 Å². The molecule has 2 N–H and O–H groups in total. The number of imide groups is 2. The SMILES string of the molecule is O=C1NC(=O)N(c2ccc(Cl)c(Cl)c2)C(=O)/C1=C/c1ccc(O)cc1. The molecular weight excluding hydrogens is 367 g/mol. The van der Waals surface area contributed by atoms with Crippen LogP contribution in [0.4, 0.5) is 10.5 Å². The highest BCUT2D eigenvalue weighted by Gasteiger charge is 2.36. The molecule has 2 aromatic rings. The molecule has 1 heterocycles. The summed E-state index contributed by atoms with van der Waals surface area (Å²) < 4.78 is 0. The summed E-state index contributed by atoms with van der Waals surface area (Å²) in [4.78, 5) is 37.6. The van der Waals surface area contributed by atoms with Gasteiger partial charge in [0, 0.05) is 0 Å². The van der Waals surface area contributed by atoms with Gasteiger partial charge in [0.05, 0.1) is 15.7 Å². The second-order valence-electron chi connectivity index (χ2n) is 5.15. The fourth-order valence-corrected chi connectivity index (χ4v) is 2.55. The van der Waals surface area contributed by atoms with Gasteiger partial charge in [-0.25, -0.2) is 9.69 Å². The fraction of sp³-hybridized carbons (Fsp3) is 0. The molecule has 25 heavy (non-hydrogen) atoms. The fourth-order valence-electron chi connectivity index (χ4n) is 2.25. The number of phenols is 1. The van der Waals surface area contributed by atoms with Gasteiger partial charge in [-0.2, -0.15) is 0 Å². The van der Waals surface area contributed by atoms with Gasteiger partial charge in [0.15, 0.2) is 0 Å². The van der Waals surface area contributed by atoms with E-state index < -0.39 is 17.8 Å². The van der Waals surface area contributed by atoms with Crippen LogP contribution in [0.25, 0.3) is 6.08 Å². The lowest BCUT2D eigenvalue weighted by Gasteiger charge is -2.26. The van der Waals surface area contributed by atoms with E-state index >= 15 is 0 Å². The Morgan fingerprint density at radius 2 is 1.64 bits per heavy atom. The summed E-state index contributed by atoms with van der Waals surface area (Å²) in [6.07, 6.45) is 1.33. The molecule has 0 saturated carbocycles. The number of urea groups is 1. The van der Waals surface area contributed by atoms with Crippen molar-refractivity contribution in [2.75, 3.05) is 4.90 Å². The van der Waals surface area contributed by atoms with Crippen molar-refractivity contribution in [2.24, 2.45) is 0 Å². The number of hydrogen-bond acceptors (Lipinski definition) is 4. The average molecular weight is 377 g/mol. The molecule has 0 aliphatic carbocycles. The number of phenolic OH excluding ortho intramolecular Hbond substituents is 1. The summed E-state index contributed by atoms with van der Waals surface area (Å²) in [7, 11) is 0. The van der Waals surface area contributed by atoms with Crippen LogP contribution in [0.1, 0.15) is 5.56 Å². The molecule has 1 fully saturated rings. The van der Waals surface area contributed by atoms with E-state index in [1.807, 2.05) is 0 Å². The number of anilines is 1. The Morgan fingerprint density at radius 3 is 2.28 bits per heavy atom. The second kappa shape index (κ2) is 6.58. The Balaban J connectivity index is 2.02. The predicted octanol–water partition coefficient (Wildman–Crippen LogP) is 3.37. The first-order valence-electron chi connectivity index (χ1n) is 7.02. The molecule has 1 aliphatic heterocycles. The lowest BCUT2D eigenvalue weighted by molar-refractivity contribution is -0.122. The van der Waals surface area contributed by atoms with Gasteiger partial charge in [0.25, 0.3) is 11.8 Å². The number of aromatic hydroxyl groups is 1. The van der Waals surface area contributed by atoms with E-state index in [0.717, 1.165) is 4.90 Å². The Hall–Kier alpha value is -2.83. The largest absolute Gasteiger partial charge is 0.508 e. The number of carbonyl (C=O) groups excluding carboxylic acids is 3. The molecule has 0 unspecified atom stereocenters. The quantitative estimate of drug-likeness (QED) is 0.621. The molecule has 0 spiro atoms. The number of halogens is 2. The number of nitrogens with one attached hydrogen (secondary N) is 1. The maximum atomic E-state index is 12.7. The number of amides is 4. The maximum Gasteiger partial charge on any atom is 0.335 e. The van der Waals surface area contributed by atoms with Crippen molar-refractivity contribution in [1.82, 2.24) is 5.32 Å². The van der Waals surface area contributed by atoms with E-state index in [2.05, 4.69) is 5.32 Å². The highest BCUT2D eigenvalue weighted by atomic mass is 35.5. The van der Waals surface area contributed by atoms with Gasteiger partial charge in [-0.3, -0.25) is 14.9 Å². The van der Waals surface area contributed by atoms with Gasteiger partial charge >= 0.3 is 6.03 Å². The average Bonchev–Trinajstić information content (AvgIpc) is 2.56. The molecule has 3 rings (SSSR count). The maximum absolute atomic E-state index is 12.7. The molecule has 0 atom stereocenters. The second-order valence-corrected chi connectivity index (χ2v) is 5.96. The summed E-state index contributed by atoms with van der Waals surface area (Å²) in [5.41, 5.74) is 0.470. The Kier molecular flexibility index (Phi) is 4.48. The molecule has 126 valence electrons. The normalized spacial score (nSPS) is 16.3. The molecule has 0 bridgehead atoms. The highest BCUT2D eigenvalue weighted by Crippen LogP contribution is 2.29. The van der Waals surface area contributed by atoms with E-state index in [4.69, 9.17) is 23.2 Å². The van der Waals surface area contributed by atoms with Crippen molar-refractivity contribution in [2.45, 2.75) is 0 Å².